The molecule has 0 spiro atoms. The summed E-state index contributed by atoms with van der Waals surface area (Å²) < 4.78 is 17.2. The number of aromatic amines is 1. The predicted molar refractivity (Wildman–Crippen MR) is 174 cm³/mol. The first-order valence-electron chi connectivity index (χ1n) is 15.4. The first-order chi connectivity index (χ1) is 21.1. The fraction of sp³-hybridized carbons (Fsp3) is 0.455. The predicted octanol–water partition coefficient (Wildman–Crippen LogP) is 5.51. The monoisotopic (exact) mass is 616 g/mol. The number of nitrogens with zero attached hydrogens (tertiary/aromatic N) is 7. The fourth-order valence-electron chi connectivity index (χ4n) is 6.77. The van der Waals surface area contributed by atoms with Gasteiger partial charge in [0.05, 0.1) is 16.2 Å². The van der Waals surface area contributed by atoms with Gasteiger partial charge in [0.25, 0.3) is 0 Å². The van der Waals surface area contributed by atoms with Gasteiger partial charge in [-0.1, -0.05) is 24.2 Å². The van der Waals surface area contributed by atoms with Crippen LogP contribution in [0, 0.1) is 12.7 Å². The van der Waals surface area contributed by atoms with Crippen LogP contribution in [0.5, 0.6) is 0 Å². The summed E-state index contributed by atoms with van der Waals surface area (Å²) >= 11 is 7.06. The van der Waals surface area contributed by atoms with Crippen molar-refractivity contribution < 1.29 is 9.18 Å². The molecule has 0 radical (unpaired) electrons. The summed E-state index contributed by atoms with van der Waals surface area (Å²) in [6.07, 6.45) is 3.51. The van der Waals surface area contributed by atoms with E-state index in [4.69, 9.17) is 21.6 Å². The Morgan fingerprint density at radius 3 is 2.55 bits per heavy atom. The zero-order chi connectivity index (χ0) is 31.0. The third-order valence-electron chi connectivity index (χ3n) is 9.62. The number of nitrogens with one attached hydrogen (secondary N) is 1. The zero-order valence-electron chi connectivity index (χ0n) is 25.9. The van der Waals surface area contributed by atoms with Crippen molar-refractivity contribution in [3.63, 3.8) is 0 Å². The van der Waals surface area contributed by atoms with Gasteiger partial charge in [-0.15, -0.1) is 0 Å². The summed E-state index contributed by atoms with van der Waals surface area (Å²) in [5.74, 6) is 0.951. The number of carbonyl (C=O) groups is 1. The topological polar surface area (TPSA) is 84.5 Å². The molecule has 2 aromatic heterocycles. The van der Waals surface area contributed by atoms with Crippen molar-refractivity contribution in [3.8, 4) is 11.1 Å². The molecule has 9 nitrogen and oxygen atoms in total. The Hall–Kier alpha value is -3.76. The smallest absolute Gasteiger partial charge is 0.246 e. The summed E-state index contributed by atoms with van der Waals surface area (Å²) in [4.78, 5) is 30.8. The van der Waals surface area contributed by atoms with Crippen LogP contribution in [0.25, 0.3) is 32.9 Å². The van der Waals surface area contributed by atoms with E-state index in [0.717, 1.165) is 53.7 Å². The standard InChI is InChI=1S/C33H38ClFN8O/c1-7-25(44)42-13-19(4)43(14-18(42)3)32-22-12-23(34)27(26-17(2)8-11-24-28(26)30(39-38-24)20-9-10-20)29(35)31(22)36-33(37-32)41-15-21(16-41)40(5)6/h7-8,11-12,18-21H,1,9-10,13-16H2,2-6H3,(H,38,39)/t18-,19+/m1/s1. The van der Waals surface area contributed by atoms with E-state index in [1.165, 1.54) is 6.08 Å². The Morgan fingerprint density at radius 1 is 1.11 bits per heavy atom. The van der Waals surface area contributed by atoms with Gasteiger partial charge in [0.15, 0.2) is 5.82 Å². The number of H-pyrrole nitrogens is 1. The molecule has 2 saturated heterocycles. The number of aryl methyl sites for hydroxylation is 1. The van der Waals surface area contributed by atoms with E-state index in [0.29, 0.717) is 52.8 Å². The van der Waals surface area contributed by atoms with Crippen LogP contribution in [0.4, 0.5) is 16.2 Å². The van der Waals surface area contributed by atoms with E-state index >= 15 is 4.39 Å². The molecule has 0 unspecified atom stereocenters. The molecule has 2 atom stereocenters. The lowest BCUT2D eigenvalue weighted by atomic mass is 9.93. The molecular weight excluding hydrogens is 579 g/mol. The summed E-state index contributed by atoms with van der Waals surface area (Å²) in [7, 11) is 4.12. The highest BCUT2D eigenvalue weighted by Crippen LogP contribution is 2.48. The van der Waals surface area contributed by atoms with Crippen LogP contribution < -0.4 is 9.80 Å². The Labute approximate surface area is 261 Å². The average molecular weight is 617 g/mol. The molecule has 1 N–H and O–H groups in total. The molecule has 230 valence electrons. The number of aromatic nitrogens is 4. The SMILES string of the molecule is C=CC(=O)N1C[C@H](C)N(c2nc(N3CC(N(C)C)C3)nc3c(F)c(-c4c(C)ccc5[nH]nc(C6CC6)c45)c(Cl)cc23)C[C@H]1C. The van der Waals surface area contributed by atoms with E-state index in [-0.39, 0.29) is 23.5 Å². The minimum Gasteiger partial charge on any atom is -0.349 e. The van der Waals surface area contributed by atoms with Crippen molar-refractivity contribution in [2.24, 2.45) is 0 Å². The average Bonchev–Trinajstić information content (AvgIpc) is 3.72. The number of carbonyl (C=O) groups excluding carboxylic acids is 1. The lowest BCUT2D eigenvalue weighted by Crippen LogP contribution is -2.59. The van der Waals surface area contributed by atoms with Crippen molar-refractivity contribution >= 4 is 51.1 Å². The van der Waals surface area contributed by atoms with Gasteiger partial charge in [0.2, 0.25) is 11.9 Å². The Kier molecular flexibility index (Phi) is 7.05. The third kappa shape index (κ3) is 4.61. The second-order valence-electron chi connectivity index (χ2n) is 12.9. The molecule has 4 aromatic rings. The van der Waals surface area contributed by atoms with Crippen molar-refractivity contribution in [2.45, 2.75) is 57.7 Å². The van der Waals surface area contributed by atoms with E-state index < -0.39 is 5.82 Å². The number of piperazine rings is 1. The highest BCUT2D eigenvalue weighted by molar-refractivity contribution is 6.35. The quantitative estimate of drug-likeness (QED) is 0.286. The van der Waals surface area contributed by atoms with Gasteiger partial charge in [-0.3, -0.25) is 9.89 Å². The number of likely N-dealkylation sites (N-methyl/N-ethyl adjacent to an activating group) is 1. The number of halogens is 2. The van der Waals surface area contributed by atoms with Crippen LogP contribution in [0.2, 0.25) is 5.02 Å². The molecule has 2 aromatic carbocycles. The van der Waals surface area contributed by atoms with Crippen molar-refractivity contribution in [3.05, 3.63) is 53.0 Å². The molecule has 11 heteroatoms. The summed E-state index contributed by atoms with van der Waals surface area (Å²) in [5, 5.41) is 9.60. The van der Waals surface area contributed by atoms with Crippen LogP contribution in [0.15, 0.2) is 30.9 Å². The molecule has 1 aliphatic carbocycles. The maximum atomic E-state index is 17.2. The van der Waals surface area contributed by atoms with Crippen LogP contribution in [0.1, 0.15) is 43.9 Å². The number of fused-ring (bicyclic) bond motifs is 2. The van der Waals surface area contributed by atoms with Gasteiger partial charge in [-0.25, -0.2) is 9.37 Å². The number of anilines is 2. The Balaban J connectivity index is 1.42. The van der Waals surface area contributed by atoms with Crippen molar-refractivity contribution in [1.82, 2.24) is 30.0 Å². The van der Waals surface area contributed by atoms with E-state index in [2.05, 4.69) is 52.5 Å². The van der Waals surface area contributed by atoms with Gasteiger partial charge >= 0.3 is 0 Å². The molecule has 3 aliphatic rings. The van der Waals surface area contributed by atoms with E-state index in [1.807, 2.05) is 36.9 Å². The van der Waals surface area contributed by atoms with Crippen LogP contribution in [-0.2, 0) is 4.79 Å². The second-order valence-corrected chi connectivity index (χ2v) is 13.3. The first-order valence-corrected chi connectivity index (χ1v) is 15.7. The second kappa shape index (κ2) is 10.7. The minimum atomic E-state index is -0.457. The number of benzene rings is 2. The van der Waals surface area contributed by atoms with Crippen molar-refractivity contribution in [1.29, 1.82) is 0 Å². The van der Waals surface area contributed by atoms with E-state index in [1.54, 1.807) is 0 Å². The lowest BCUT2D eigenvalue weighted by molar-refractivity contribution is -0.128. The lowest BCUT2D eigenvalue weighted by Gasteiger charge is -2.45. The minimum absolute atomic E-state index is 0.0727. The molecule has 4 heterocycles. The summed E-state index contributed by atoms with van der Waals surface area (Å²) in [5.41, 5.74) is 4.13. The highest BCUT2D eigenvalue weighted by Gasteiger charge is 2.37. The number of hydrogen-bond donors (Lipinski definition) is 1. The van der Waals surface area contributed by atoms with Gasteiger partial charge in [0.1, 0.15) is 11.3 Å². The molecular formula is C33H38ClFN8O. The molecule has 44 heavy (non-hydrogen) atoms. The van der Waals surface area contributed by atoms with Crippen LogP contribution in [0.3, 0.4) is 0 Å². The first kappa shape index (κ1) is 29.0. The van der Waals surface area contributed by atoms with Crippen LogP contribution >= 0.6 is 11.6 Å². The Bertz CT molecular complexity index is 1810. The molecule has 0 bridgehead atoms. The largest absolute Gasteiger partial charge is 0.349 e. The maximum Gasteiger partial charge on any atom is 0.246 e. The fourth-order valence-corrected chi connectivity index (χ4v) is 7.05. The molecule has 7 rings (SSSR count). The summed E-state index contributed by atoms with van der Waals surface area (Å²) in [6.45, 7) is 12.3. The van der Waals surface area contributed by atoms with Gasteiger partial charge in [-0.05, 0) is 71.5 Å². The van der Waals surface area contributed by atoms with Crippen LogP contribution in [-0.4, -0.2) is 94.3 Å². The normalized spacial score (nSPS) is 21.0. The number of hydrogen-bond acceptors (Lipinski definition) is 7. The zero-order valence-corrected chi connectivity index (χ0v) is 26.6. The molecule has 2 aliphatic heterocycles. The number of amides is 1. The number of rotatable bonds is 6. The van der Waals surface area contributed by atoms with Gasteiger partial charge in [-0.2, -0.15) is 10.1 Å². The maximum absolute atomic E-state index is 17.2. The summed E-state index contributed by atoms with van der Waals surface area (Å²) in [6, 6.07) is 6.02. The molecule has 1 saturated carbocycles. The third-order valence-corrected chi connectivity index (χ3v) is 9.92. The van der Waals surface area contributed by atoms with E-state index in [9.17, 15) is 4.79 Å². The Morgan fingerprint density at radius 2 is 1.86 bits per heavy atom. The molecule has 1 amide bonds. The van der Waals surface area contributed by atoms with Gasteiger partial charge in [0, 0.05) is 72.1 Å². The van der Waals surface area contributed by atoms with Gasteiger partial charge < -0.3 is 19.6 Å². The molecule has 3 fully saturated rings. The van der Waals surface area contributed by atoms with Crippen molar-refractivity contribution in [2.75, 3.05) is 50.1 Å². The highest BCUT2D eigenvalue weighted by atomic mass is 35.5.